The van der Waals surface area contributed by atoms with Gasteiger partial charge >= 0.3 is 0 Å². The first kappa shape index (κ1) is 15.0. The van der Waals surface area contributed by atoms with Crippen molar-refractivity contribution in [3.05, 3.63) is 35.4 Å². The second kappa shape index (κ2) is 6.78. The lowest BCUT2D eigenvalue weighted by atomic mass is 10.0. The summed E-state index contributed by atoms with van der Waals surface area (Å²) in [5.41, 5.74) is -0.342. The molecule has 1 unspecified atom stereocenters. The summed E-state index contributed by atoms with van der Waals surface area (Å²) in [6.45, 7) is 3.71. The minimum Gasteiger partial charge on any atom is -0.395 e. The summed E-state index contributed by atoms with van der Waals surface area (Å²) < 4.78 is 26.8. The van der Waals surface area contributed by atoms with Gasteiger partial charge in [0.2, 0.25) is 0 Å². The van der Waals surface area contributed by atoms with Gasteiger partial charge in [0.1, 0.15) is 11.6 Å². The van der Waals surface area contributed by atoms with Crippen LogP contribution in [0.1, 0.15) is 25.5 Å². The van der Waals surface area contributed by atoms with Gasteiger partial charge in [-0.2, -0.15) is 0 Å². The highest BCUT2D eigenvalue weighted by Gasteiger charge is 2.19. The SMILES string of the molecule is CC(C)[C@@H](CO)NCC(O)c1c(F)cccc1F. The van der Waals surface area contributed by atoms with Crippen molar-refractivity contribution in [2.24, 2.45) is 5.92 Å². The summed E-state index contributed by atoms with van der Waals surface area (Å²) in [4.78, 5) is 0. The van der Waals surface area contributed by atoms with Gasteiger partial charge in [0.25, 0.3) is 0 Å². The zero-order valence-corrected chi connectivity index (χ0v) is 10.5. The maximum Gasteiger partial charge on any atom is 0.131 e. The van der Waals surface area contributed by atoms with Crippen LogP contribution in [0.3, 0.4) is 0 Å². The van der Waals surface area contributed by atoms with Gasteiger partial charge in [0, 0.05) is 12.6 Å². The molecule has 0 saturated carbocycles. The van der Waals surface area contributed by atoms with Gasteiger partial charge in [-0.25, -0.2) is 8.78 Å². The van der Waals surface area contributed by atoms with Crippen LogP contribution in [-0.4, -0.2) is 29.4 Å². The first-order valence-corrected chi connectivity index (χ1v) is 5.93. The van der Waals surface area contributed by atoms with Crippen molar-refractivity contribution in [1.82, 2.24) is 5.32 Å². The molecule has 0 amide bonds. The molecule has 1 aromatic carbocycles. The Kier molecular flexibility index (Phi) is 5.65. The van der Waals surface area contributed by atoms with Crippen molar-refractivity contribution in [2.45, 2.75) is 26.0 Å². The fourth-order valence-corrected chi connectivity index (χ4v) is 1.71. The molecule has 18 heavy (non-hydrogen) atoms. The van der Waals surface area contributed by atoms with Gasteiger partial charge in [0.15, 0.2) is 0 Å². The number of benzene rings is 1. The van der Waals surface area contributed by atoms with Crippen LogP contribution in [0.5, 0.6) is 0 Å². The average Bonchev–Trinajstić information content (AvgIpc) is 2.29. The fraction of sp³-hybridized carbons (Fsp3) is 0.538. The molecule has 102 valence electrons. The lowest BCUT2D eigenvalue weighted by Gasteiger charge is -2.22. The fourth-order valence-electron chi connectivity index (χ4n) is 1.71. The lowest BCUT2D eigenvalue weighted by Crippen LogP contribution is -2.39. The van der Waals surface area contributed by atoms with E-state index in [4.69, 9.17) is 5.11 Å². The van der Waals surface area contributed by atoms with Gasteiger partial charge in [-0.3, -0.25) is 0 Å². The molecule has 3 N–H and O–H groups in total. The second-order valence-corrected chi connectivity index (χ2v) is 4.59. The van der Waals surface area contributed by atoms with Crippen molar-refractivity contribution in [1.29, 1.82) is 0 Å². The Labute approximate surface area is 105 Å². The number of halogens is 2. The molecule has 0 aromatic heterocycles. The van der Waals surface area contributed by atoms with Crippen LogP contribution < -0.4 is 5.32 Å². The molecular formula is C13H19F2NO2. The highest BCUT2D eigenvalue weighted by Crippen LogP contribution is 2.20. The van der Waals surface area contributed by atoms with E-state index in [0.29, 0.717) is 0 Å². The molecule has 0 aliphatic carbocycles. The molecular weight excluding hydrogens is 240 g/mol. The molecule has 3 nitrogen and oxygen atoms in total. The standard InChI is InChI=1S/C13H19F2NO2/c1-8(2)11(7-17)16-6-12(18)13-9(14)4-3-5-10(13)15/h3-5,8,11-12,16-18H,6-7H2,1-2H3/t11-,12?/m1/s1. The Morgan fingerprint density at radius 3 is 2.22 bits per heavy atom. The largest absolute Gasteiger partial charge is 0.395 e. The Morgan fingerprint density at radius 2 is 1.78 bits per heavy atom. The predicted octanol–water partition coefficient (Wildman–Crippen LogP) is 1.60. The highest BCUT2D eigenvalue weighted by molar-refractivity contribution is 5.22. The van der Waals surface area contributed by atoms with Gasteiger partial charge in [-0.05, 0) is 18.1 Å². The Morgan fingerprint density at radius 1 is 1.22 bits per heavy atom. The van der Waals surface area contributed by atoms with E-state index in [-0.39, 0.29) is 30.7 Å². The van der Waals surface area contributed by atoms with E-state index in [1.807, 2.05) is 13.8 Å². The van der Waals surface area contributed by atoms with Crippen molar-refractivity contribution in [2.75, 3.05) is 13.2 Å². The topological polar surface area (TPSA) is 52.5 Å². The van der Waals surface area contributed by atoms with Crippen LogP contribution in [0, 0.1) is 17.6 Å². The zero-order valence-electron chi connectivity index (χ0n) is 10.5. The highest BCUT2D eigenvalue weighted by atomic mass is 19.1. The van der Waals surface area contributed by atoms with Crippen molar-refractivity contribution in [3.8, 4) is 0 Å². The van der Waals surface area contributed by atoms with Gasteiger partial charge in [0.05, 0.1) is 18.3 Å². The Hall–Kier alpha value is -1.04. The second-order valence-electron chi connectivity index (χ2n) is 4.59. The normalized spacial score (nSPS) is 14.8. The summed E-state index contributed by atoms with van der Waals surface area (Å²) in [6, 6.07) is 3.25. The molecule has 0 radical (unpaired) electrons. The maximum atomic E-state index is 13.4. The first-order valence-electron chi connectivity index (χ1n) is 5.93. The monoisotopic (exact) mass is 259 g/mol. The van der Waals surface area contributed by atoms with Crippen molar-refractivity contribution >= 4 is 0 Å². The van der Waals surface area contributed by atoms with E-state index in [0.717, 1.165) is 12.1 Å². The predicted molar refractivity (Wildman–Crippen MR) is 65.0 cm³/mol. The molecule has 5 heteroatoms. The smallest absolute Gasteiger partial charge is 0.131 e. The number of rotatable bonds is 6. The molecule has 0 aliphatic heterocycles. The molecule has 0 fully saturated rings. The van der Waals surface area contributed by atoms with Crippen molar-refractivity contribution < 1.29 is 19.0 Å². The van der Waals surface area contributed by atoms with Crippen LogP contribution in [-0.2, 0) is 0 Å². The van der Waals surface area contributed by atoms with E-state index < -0.39 is 17.7 Å². The van der Waals surface area contributed by atoms with E-state index in [1.54, 1.807) is 0 Å². The molecule has 1 rings (SSSR count). The van der Waals surface area contributed by atoms with Crippen LogP contribution in [0.25, 0.3) is 0 Å². The number of aliphatic hydroxyl groups is 2. The van der Waals surface area contributed by atoms with Crippen LogP contribution >= 0.6 is 0 Å². The van der Waals surface area contributed by atoms with Gasteiger partial charge in [-0.1, -0.05) is 19.9 Å². The summed E-state index contributed by atoms with van der Waals surface area (Å²) in [5.74, 6) is -1.38. The first-order chi connectivity index (χ1) is 8.47. The molecule has 0 bridgehead atoms. The number of aliphatic hydroxyl groups excluding tert-OH is 2. The van der Waals surface area contributed by atoms with Crippen LogP contribution in [0.2, 0.25) is 0 Å². The minimum atomic E-state index is -1.28. The third-order valence-corrected chi connectivity index (χ3v) is 2.91. The molecule has 0 heterocycles. The third kappa shape index (κ3) is 3.73. The van der Waals surface area contributed by atoms with E-state index in [2.05, 4.69) is 5.32 Å². The molecule has 0 spiro atoms. The summed E-state index contributed by atoms with van der Waals surface area (Å²) in [5, 5.41) is 21.8. The summed E-state index contributed by atoms with van der Waals surface area (Å²) in [6.07, 6.45) is -1.28. The van der Waals surface area contributed by atoms with Crippen molar-refractivity contribution in [3.63, 3.8) is 0 Å². The zero-order chi connectivity index (χ0) is 13.7. The summed E-state index contributed by atoms with van der Waals surface area (Å²) in [7, 11) is 0. The number of hydrogen-bond donors (Lipinski definition) is 3. The Balaban J connectivity index is 2.68. The molecule has 0 saturated heterocycles. The summed E-state index contributed by atoms with van der Waals surface area (Å²) >= 11 is 0. The maximum absolute atomic E-state index is 13.4. The van der Waals surface area contributed by atoms with Crippen LogP contribution in [0.15, 0.2) is 18.2 Å². The minimum absolute atomic E-state index is 0.0126. The quantitative estimate of drug-likeness (QED) is 0.727. The van der Waals surface area contributed by atoms with Crippen LogP contribution in [0.4, 0.5) is 8.78 Å². The van der Waals surface area contributed by atoms with E-state index >= 15 is 0 Å². The molecule has 0 aliphatic rings. The third-order valence-electron chi connectivity index (χ3n) is 2.91. The van der Waals surface area contributed by atoms with E-state index in [9.17, 15) is 13.9 Å². The number of nitrogens with one attached hydrogen (secondary N) is 1. The van der Waals surface area contributed by atoms with Gasteiger partial charge < -0.3 is 15.5 Å². The average molecular weight is 259 g/mol. The number of hydrogen-bond acceptors (Lipinski definition) is 3. The Bertz CT molecular complexity index is 365. The molecule has 2 atom stereocenters. The molecule has 1 aromatic rings. The lowest BCUT2D eigenvalue weighted by molar-refractivity contribution is 0.142. The van der Waals surface area contributed by atoms with Gasteiger partial charge in [-0.15, -0.1) is 0 Å². The van der Waals surface area contributed by atoms with E-state index in [1.165, 1.54) is 6.07 Å².